The molecule has 0 aromatic heterocycles. The van der Waals surface area contributed by atoms with Crippen molar-refractivity contribution < 1.29 is 4.74 Å². The van der Waals surface area contributed by atoms with Gasteiger partial charge < -0.3 is 9.64 Å². The lowest BCUT2D eigenvalue weighted by Crippen LogP contribution is -2.28. The van der Waals surface area contributed by atoms with E-state index in [4.69, 9.17) is 10.00 Å². The molecule has 0 radical (unpaired) electrons. The van der Waals surface area contributed by atoms with Crippen LogP contribution in [-0.4, -0.2) is 12.6 Å². The Morgan fingerprint density at radius 2 is 1.76 bits per heavy atom. The first-order chi connectivity index (χ1) is 10.4. The molecular formula is C18H18N2O. The van der Waals surface area contributed by atoms with Crippen LogP contribution >= 0.6 is 0 Å². The Kier molecular flexibility index (Phi) is 4.07. The van der Waals surface area contributed by atoms with Crippen LogP contribution in [0.2, 0.25) is 0 Å². The lowest BCUT2D eigenvalue weighted by atomic mass is 10.1. The van der Waals surface area contributed by atoms with Crippen LogP contribution in [0.25, 0.3) is 0 Å². The molecule has 1 saturated heterocycles. The predicted molar refractivity (Wildman–Crippen MR) is 83.6 cm³/mol. The van der Waals surface area contributed by atoms with Crippen molar-refractivity contribution in [3.63, 3.8) is 0 Å². The van der Waals surface area contributed by atoms with Gasteiger partial charge in [0.15, 0.2) is 0 Å². The number of benzene rings is 2. The Morgan fingerprint density at radius 1 is 1.05 bits per heavy atom. The zero-order valence-electron chi connectivity index (χ0n) is 11.9. The molecule has 0 amide bonds. The molecule has 3 heteroatoms. The molecule has 3 rings (SSSR count). The highest BCUT2D eigenvalue weighted by atomic mass is 16.5. The van der Waals surface area contributed by atoms with Crippen molar-refractivity contribution in [2.45, 2.75) is 25.3 Å². The Labute approximate surface area is 125 Å². The maximum absolute atomic E-state index is 8.90. The van der Waals surface area contributed by atoms with E-state index in [0.717, 1.165) is 30.9 Å². The van der Waals surface area contributed by atoms with E-state index >= 15 is 0 Å². The fourth-order valence-electron chi connectivity index (χ4n) is 2.82. The molecule has 1 aliphatic rings. The molecule has 0 aliphatic carbocycles. The number of hydrogen-bond donors (Lipinski definition) is 0. The number of hydrogen-bond acceptors (Lipinski definition) is 3. The first-order valence-electron chi connectivity index (χ1n) is 7.33. The molecule has 0 unspecified atom stereocenters. The summed E-state index contributed by atoms with van der Waals surface area (Å²) in [7, 11) is 0. The van der Waals surface area contributed by atoms with Gasteiger partial charge in [-0.1, -0.05) is 18.2 Å². The Bertz CT molecular complexity index is 616. The van der Waals surface area contributed by atoms with Crippen molar-refractivity contribution in [3.8, 4) is 17.6 Å². The van der Waals surface area contributed by atoms with Gasteiger partial charge in [0.2, 0.25) is 0 Å². The van der Waals surface area contributed by atoms with E-state index in [9.17, 15) is 0 Å². The van der Waals surface area contributed by atoms with E-state index in [2.05, 4.69) is 23.1 Å². The van der Waals surface area contributed by atoms with Gasteiger partial charge in [-0.15, -0.1) is 0 Å². The van der Waals surface area contributed by atoms with E-state index < -0.39 is 0 Å². The zero-order valence-corrected chi connectivity index (χ0v) is 11.9. The maximum atomic E-state index is 8.90. The van der Waals surface area contributed by atoms with Crippen LogP contribution in [0.1, 0.15) is 19.3 Å². The van der Waals surface area contributed by atoms with E-state index in [1.807, 2.05) is 42.5 Å². The molecule has 2 aromatic rings. The van der Waals surface area contributed by atoms with Crippen LogP contribution in [0.5, 0.6) is 11.5 Å². The second-order valence-corrected chi connectivity index (χ2v) is 5.26. The molecule has 1 aliphatic heterocycles. The highest BCUT2D eigenvalue weighted by Gasteiger charge is 2.24. The average Bonchev–Trinajstić information content (AvgIpc) is 2.98. The summed E-state index contributed by atoms with van der Waals surface area (Å²) in [6.45, 7) is 1.03. The van der Waals surface area contributed by atoms with Gasteiger partial charge >= 0.3 is 0 Å². The predicted octanol–water partition coefficient (Wildman–Crippen LogP) is 4.36. The van der Waals surface area contributed by atoms with Gasteiger partial charge in [-0.2, -0.15) is 5.26 Å². The molecule has 2 aromatic carbocycles. The van der Waals surface area contributed by atoms with Crippen LogP contribution in [-0.2, 0) is 0 Å². The number of nitrogens with zero attached hydrogens (tertiary/aromatic N) is 2. The lowest BCUT2D eigenvalue weighted by molar-refractivity contribution is 0.482. The van der Waals surface area contributed by atoms with Crippen molar-refractivity contribution in [2.75, 3.05) is 11.4 Å². The minimum atomic E-state index is 0.357. The van der Waals surface area contributed by atoms with E-state index in [1.165, 1.54) is 5.69 Å². The zero-order chi connectivity index (χ0) is 14.5. The summed E-state index contributed by atoms with van der Waals surface area (Å²) in [5, 5.41) is 8.90. The molecule has 3 nitrogen and oxygen atoms in total. The smallest absolute Gasteiger partial charge is 0.127 e. The third-order valence-corrected chi connectivity index (χ3v) is 3.85. The lowest BCUT2D eigenvalue weighted by Gasteiger charge is -2.25. The van der Waals surface area contributed by atoms with Crippen molar-refractivity contribution in [1.82, 2.24) is 0 Å². The summed E-state index contributed by atoms with van der Waals surface area (Å²) in [5.41, 5.74) is 1.17. The molecule has 21 heavy (non-hydrogen) atoms. The van der Waals surface area contributed by atoms with Gasteiger partial charge in [0, 0.05) is 18.3 Å². The first kappa shape index (κ1) is 13.5. The van der Waals surface area contributed by atoms with Gasteiger partial charge in [0.05, 0.1) is 12.5 Å². The molecular weight excluding hydrogens is 260 g/mol. The minimum Gasteiger partial charge on any atom is -0.457 e. The number of para-hydroxylation sites is 1. The van der Waals surface area contributed by atoms with Gasteiger partial charge in [0.1, 0.15) is 11.5 Å². The standard InChI is InChI=1S/C18H18N2O/c19-13-12-15-5-4-14-20(15)16-8-10-18(11-9-16)21-17-6-2-1-3-7-17/h1-3,6-11,15H,4-5,12,14H2/t15-/m0/s1. The highest BCUT2D eigenvalue weighted by Crippen LogP contribution is 2.29. The first-order valence-corrected chi connectivity index (χ1v) is 7.33. The van der Waals surface area contributed by atoms with Crippen molar-refractivity contribution in [1.29, 1.82) is 5.26 Å². The maximum Gasteiger partial charge on any atom is 0.127 e. The number of rotatable bonds is 4. The highest BCUT2D eigenvalue weighted by molar-refractivity contribution is 5.51. The number of ether oxygens (including phenoxy) is 1. The summed E-state index contributed by atoms with van der Waals surface area (Å²) in [5.74, 6) is 1.68. The van der Waals surface area contributed by atoms with Crippen molar-refractivity contribution in [3.05, 3.63) is 54.6 Å². The van der Waals surface area contributed by atoms with E-state index in [0.29, 0.717) is 12.5 Å². The fraction of sp³-hybridized carbons (Fsp3) is 0.278. The SMILES string of the molecule is N#CC[C@@H]1CCCN1c1ccc(Oc2ccccc2)cc1. The Balaban J connectivity index is 1.71. The molecule has 0 spiro atoms. The molecule has 1 fully saturated rings. The molecule has 1 heterocycles. The second kappa shape index (κ2) is 6.32. The summed E-state index contributed by atoms with van der Waals surface area (Å²) in [4.78, 5) is 2.33. The molecule has 0 N–H and O–H groups in total. The monoisotopic (exact) mass is 278 g/mol. The largest absolute Gasteiger partial charge is 0.457 e. The molecule has 0 bridgehead atoms. The minimum absolute atomic E-state index is 0.357. The van der Waals surface area contributed by atoms with Gasteiger partial charge in [-0.25, -0.2) is 0 Å². The van der Waals surface area contributed by atoms with E-state index in [1.54, 1.807) is 0 Å². The van der Waals surface area contributed by atoms with Crippen LogP contribution in [0, 0.1) is 11.3 Å². The molecule has 106 valence electrons. The average molecular weight is 278 g/mol. The Hall–Kier alpha value is -2.47. The van der Waals surface area contributed by atoms with Gasteiger partial charge in [0.25, 0.3) is 0 Å². The van der Waals surface area contributed by atoms with Crippen LogP contribution < -0.4 is 9.64 Å². The van der Waals surface area contributed by atoms with E-state index in [-0.39, 0.29) is 0 Å². The normalized spacial score (nSPS) is 17.5. The van der Waals surface area contributed by atoms with Crippen LogP contribution in [0.3, 0.4) is 0 Å². The van der Waals surface area contributed by atoms with Gasteiger partial charge in [-0.05, 0) is 49.2 Å². The Morgan fingerprint density at radius 3 is 2.48 bits per heavy atom. The van der Waals surface area contributed by atoms with Crippen LogP contribution in [0.4, 0.5) is 5.69 Å². The summed E-state index contributed by atoms with van der Waals surface area (Å²) in [6.07, 6.45) is 2.87. The summed E-state index contributed by atoms with van der Waals surface area (Å²) >= 11 is 0. The van der Waals surface area contributed by atoms with Crippen molar-refractivity contribution in [2.24, 2.45) is 0 Å². The summed E-state index contributed by atoms with van der Waals surface area (Å²) in [6, 6.07) is 20.6. The topological polar surface area (TPSA) is 36.3 Å². The number of nitriles is 1. The van der Waals surface area contributed by atoms with Gasteiger partial charge in [-0.3, -0.25) is 0 Å². The van der Waals surface area contributed by atoms with Crippen LogP contribution in [0.15, 0.2) is 54.6 Å². The summed E-state index contributed by atoms with van der Waals surface area (Å²) < 4.78 is 5.80. The third kappa shape index (κ3) is 3.17. The molecule has 1 atom stereocenters. The quantitative estimate of drug-likeness (QED) is 0.833. The third-order valence-electron chi connectivity index (χ3n) is 3.85. The van der Waals surface area contributed by atoms with Crippen molar-refractivity contribution >= 4 is 5.69 Å². The second-order valence-electron chi connectivity index (χ2n) is 5.26. The number of anilines is 1. The molecule has 0 saturated carbocycles. The fourth-order valence-corrected chi connectivity index (χ4v) is 2.82.